The Bertz CT molecular complexity index is 789. The minimum Gasteiger partial charge on any atom is -0.310 e. The molecule has 0 N–H and O–H groups in total. The van der Waals surface area contributed by atoms with E-state index in [4.69, 9.17) is 0 Å². The van der Waals surface area contributed by atoms with Gasteiger partial charge < -0.3 is 9.80 Å². The van der Waals surface area contributed by atoms with Crippen LogP contribution in [0.5, 0.6) is 0 Å². The van der Waals surface area contributed by atoms with Gasteiger partial charge in [-0.2, -0.15) is 0 Å². The second-order valence-corrected chi connectivity index (χ2v) is 6.61. The zero-order valence-electron chi connectivity index (χ0n) is 13.0. The maximum atomic E-state index is 12.7. The monoisotopic (exact) mass is 449 g/mol. The maximum Gasteiger partial charge on any atom is 0.206 e. The zero-order valence-corrected chi connectivity index (χ0v) is 16.3. The third kappa shape index (κ3) is 3.00. The fourth-order valence-corrected chi connectivity index (χ4v) is 3.37. The number of carbonyl (C=O) groups is 1. The lowest BCUT2D eigenvalue weighted by Crippen LogP contribution is -2.43. The molecule has 0 saturated carbocycles. The first kappa shape index (κ1) is 17.2. The Balaban J connectivity index is 0.00000169. The Hall–Kier alpha value is -1.66. The summed E-state index contributed by atoms with van der Waals surface area (Å²) in [5.41, 5.74) is 2.94. The number of anilines is 2. The van der Waals surface area contributed by atoms with Crippen molar-refractivity contribution in [3.05, 3.63) is 58.6 Å². The van der Waals surface area contributed by atoms with E-state index in [-0.39, 0.29) is 22.8 Å². The summed E-state index contributed by atoms with van der Waals surface area (Å²) in [7, 11) is 0. The van der Waals surface area contributed by atoms with Gasteiger partial charge >= 0.3 is 0 Å². The smallest absolute Gasteiger partial charge is 0.206 e. The average molecular weight is 451 g/mol. The highest BCUT2D eigenvalue weighted by atomic mass is 79.9. The topological polar surface area (TPSA) is 35.9 Å². The van der Waals surface area contributed by atoms with Gasteiger partial charge in [-0.25, -0.2) is 0 Å². The predicted molar refractivity (Wildman–Crippen MR) is 107 cm³/mol. The summed E-state index contributed by atoms with van der Waals surface area (Å²) in [4.78, 5) is 21.6. The van der Waals surface area contributed by atoms with E-state index in [1.807, 2.05) is 41.3 Å². The molecule has 0 aromatic heterocycles. The molecule has 6 heteroatoms. The summed E-state index contributed by atoms with van der Waals surface area (Å²) in [5, 5.41) is 0. The number of Topliss-reactive ketones (excluding diaryl/α,β-unsaturated/α-hetero) is 1. The van der Waals surface area contributed by atoms with Gasteiger partial charge in [0.05, 0.1) is 17.9 Å². The van der Waals surface area contributed by atoms with Gasteiger partial charge in [0, 0.05) is 23.1 Å². The molecule has 0 fully saturated rings. The van der Waals surface area contributed by atoms with Crippen molar-refractivity contribution in [1.82, 2.24) is 0 Å². The summed E-state index contributed by atoms with van der Waals surface area (Å²) >= 11 is 3.40. The molecular weight excluding hydrogens is 434 g/mol. The van der Waals surface area contributed by atoms with E-state index in [0.29, 0.717) is 6.54 Å². The maximum absolute atomic E-state index is 12.7. The molecule has 2 aromatic carbocycles. The van der Waals surface area contributed by atoms with Crippen LogP contribution in [0.15, 0.2) is 58.0 Å². The van der Waals surface area contributed by atoms with Gasteiger partial charge in [0.1, 0.15) is 0 Å². The molecule has 0 bridgehead atoms. The standard InChI is InChI=1S/C18H16BrN3O.BrH/c19-14-8-6-13(7-9-14)17(23)12-22-16-5-2-1-4-15(16)21-11-3-10-20-18(21)22;/h1-2,4-9H,3,10-12H2;1H. The van der Waals surface area contributed by atoms with Gasteiger partial charge in [-0.1, -0.05) is 40.2 Å². The lowest BCUT2D eigenvalue weighted by Gasteiger charge is -2.26. The molecule has 4 nitrogen and oxygen atoms in total. The number of nitrogens with zero attached hydrogens (tertiary/aromatic N) is 3. The number of aliphatic imine (C=N–C) groups is 1. The number of carbonyl (C=O) groups excluding carboxylic acids is 1. The van der Waals surface area contributed by atoms with E-state index in [1.165, 1.54) is 0 Å². The highest BCUT2D eigenvalue weighted by Gasteiger charge is 2.34. The average Bonchev–Trinajstić information content (AvgIpc) is 2.90. The first-order chi connectivity index (χ1) is 11.2. The summed E-state index contributed by atoms with van der Waals surface area (Å²) in [6.45, 7) is 2.09. The van der Waals surface area contributed by atoms with Crippen LogP contribution in [-0.4, -0.2) is 31.4 Å². The van der Waals surface area contributed by atoms with Crippen molar-refractivity contribution in [3.8, 4) is 0 Å². The van der Waals surface area contributed by atoms with Crippen LogP contribution in [-0.2, 0) is 0 Å². The Morgan fingerprint density at radius 3 is 2.54 bits per heavy atom. The van der Waals surface area contributed by atoms with Gasteiger partial charge in [-0.15, -0.1) is 17.0 Å². The number of ketones is 1. The molecule has 0 atom stereocenters. The van der Waals surface area contributed by atoms with E-state index < -0.39 is 0 Å². The second-order valence-electron chi connectivity index (χ2n) is 5.69. The lowest BCUT2D eigenvalue weighted by atomic mass is 10.1. The van der Waals surface area contributed by atoms with Gasteiger partial charge in [0.25, 0.3) is 0 Å². The fraction of sp³-hybridized carbons (Fsp3) is 0.222. The molecule has 0 saturated heterocycles. The van der Waals surface area contributed by atoms with Crippen molar-refractivity contribution in [3.63, 3.8) is 0 Å². The molecule has 2 aliphatic heterocycles. The highest BCUT2D eigenvalue weighted by molar-refractivity contribution is 9.10. The number of benzene rings is 2. The Labute approximate surface area is 160 Å². The molecule has 124 valence electrons. The number of hydrogen-bond acceptors (Lipinski definition) is 4. The molecular formula is C18H17Br2N3O. The largest absolute Gasteiger partial charge is 0.310 e. The van der Waals surface area contributed by atoms with E-state index >= 15 is 0 Å². The van der Waals surface area contributed by atoms with Gasteiger partial charge in [-0.3, -0.25) is 9.79 Å². The Kier molecular flexibility index (Phi) is 5.06. The van der Waals surface area contributed by atoms with Crippen LogP contribution in [0.3, 0.4) is 0 Å². The van der Waals surface area contributed by atoms with E-state index in [9.17, 15) is 4.79 Å². The third-order valence-electron chi connectivity index (χ3n) is 4.21. The Morgan fingerprint density at radius 2 is 1.79 bits per heavy atom. The zero-order chi connectivity index (χ0) is 15.8. The summed E-state index contributed by atoms with van der Waals surface area (Å²) in [6.07, 6.45) is 1.05. The van der Waals surface area contributed by atoms with Crippen molar-refractivity contribution in [1.29, 1.82) is 0 Å². The van der Waals surface area contributed by atoms with Crippen LogP contribution in [0, 0.1) is 0 Å². The molecule has 2 aromatic rings. The normalized spacial score (nSPS) is 15.3. The summed E-state index contributed by atoms with van der Waals surface area (Å²) in [6, 6.07) is 15.7. The predicted octanol–water partition coefficient (Wildman–Crippen LogP) is 4.30. The van der Waals surface area contributed by atoms with Gasteiger partial charge in [0.15, 0.2) is 5.78 Å². The van der Waals surface area contributed by atoms with Crippen molar-refractivity contribution < 1.29 is 4.79 Å². The molecule has 0 radical (unpaired) electrons. The van der Waals surface area contributed by atoms with E-state index in [0.717, 1.165) is 46.9 Å². The fourth-order valence-electron chi connectivity index (χ4n) is 3.11. The number of guanidine groups is 1. The van der Waals surface area contributed by atoms with Crippen molar-refractivity contribution in [2.24, 2.45) is 4.99 Å². The summed E-state index contributed by atoms with van der Waals surface area (Å²) in [5.74, 6) is 1.00. The van der Waals surface area contributed by atoms with E-state index in [1.54, 1.807) is 0 Å². The van der Waals surface area contributed by atoms with Crippen molar-refractivity contribution in [2.45, 2.75) is 6.42 Å². The lowest BCUT2D eigenvalue weighted by molar-refractivity contribution is 0.100. The first-order valence-corrected chi connectivity index (χ1v) is 8.51. The van der Waals surface area contributed by atoms with Crippen molar-refractivity contribution in [2.75, 3.05) is 29.4 Å². The molecule has 0 amide bonds. The number of halogens is 2. The second kappa shape index (κ2) is 7.07. The van der Waals surface area contributed by atoms with Gasteiger partial charge in [-0.05, 0) is 30.7 Å². The number of fused-ring (bicyclic) bond motifs is 3. The molecule has 0 spiro atoms. The van der Waals surface area contributed by atoms with Crippen LogP contribution in [0.2, 0.25) is 0 Å². The highest BCUT2D eigenvalue weighted by Crippen LogP contribution is 2.38. The van der Waals surface area contributed by atoms with Crippen LogP contribution >= 0.6 is 32.9 Å². The quantitative estimate of drug-likeness (QED) is 0.654. The number of hydrogen-bond donors (Lipinski definition) is 0. The molecule has 0 aliphatic carbocycles. The Morgan fingerprint density at radius 1 is 1.08 bits per heavy atom. The SMILES string of the molecule is Br.O=C(CN1C2=NCCCN2c2ccccc21)c1ccc(Br)cc1. The van der Waals surface area contributed by atoms with Crippen LogP contribution in [0.25, 0.3) is 0 Å². The minimum atomic E-state index is 0. The van der Waals surface area contributed by atoms with Crippen molar-refractivity contribution >= 4 is 56.0 Å². The number of rotatable bonds is 3. The van der Waals surface area contributed by atoms with Crippen LogP contribution < -0.4 is 9.80 Å². The molecule has 2 aliphatic rings. The van der Waals surface area contributed by atoms with Crippen LogP contribution in [0.4, 0.5) is 11.4 Å². The minimum absolute atomic E-state index is 0. The van der Waals surface area contributed by atoms with E-state index in [2.05, 4.69) is 38.0 Å². The summed E-state index contributed by atoms with van der Waals surface area (Å²) < 4.78 is 0.975. The third-order valence-corrected chi connectivity index (χ3v) is 4.74. The molecule has 0 unspecified atom stereocenters. The molecule has 24 heavy (non-hydrogen) atoms. The van der Waals surface area contributed by atoms with Gasteiger partial charge in [0.2, 0.25) is 5.96 Å². The van der Waals surface area contributed by atoms with Crippen LogP contribution in [0.1, 0.15) is 16.8 Å². The molecule has 4 rings (SSSR count). The number of para-hydroxylation sites is 2. The molecule has 2 heterocycles. The first-order valence-electron chi connectivity index (χ1n) is 7.71.